The van der Waals surface area contributed by atoms with Gasteiger partial charge in [-0.2, -0.15) is 13.2 Å². The number of rotatable bonds is 4. The van der Waals surface area contributed by atoms with E-state index in [1.54, 1.807) is 7.11 Å². The van der Waals surface area contributed by atoms with Crippen molar-refractivity contribution in [3.05, 3.63) is 29.3 Å². The molecule has 0 aromatic heterocycles. The molecule has 132 valence electrons. The summed E-state index contributed by atoms with van der Waals surface area (Å²) in [7, 11) is 1.62. The van der Waals surface area contributed by atoms with Crippen molar-refractivity contribution in [2.45, 2.75) is 43.9 Å². The Bertz CT molecular complexity index is 618. The molecule has 4 nitrogen and oxygen atoms in total. The molecule has 24 heavy (non-hydrogen) atoms. The van der Waals surface area contributed by atoms with Crippen LogP contribution in [0.15, 0.2) is 18.2 Å². The number of likely N-dealkylation sites (tertiary alicyclic amines) is 1. The van der Waals surface area contributed by atoms with Gasteiger partial charge in [0.25, 0.3) is 0 Å². The lowest BCUT2D eigenvalue weighted by molar-refractivity contribution is -0.165. The van der Waals surface area contributed by atoms with Gasteiger partial charge in [-0.1, -0.05) is 12.1 Å². The Morgan fingerprint density at radius 3 is 2.79 bits per heavy atom. The van der Waals surface area contributed by atoms with Crippen LogP contribution in [0.5, 0.6) is 5.75 Å². The van der Waals surface area contributed by atoms with E-state index in [2.05, 4.69) is 5.32 Å². The second kappa shape index (κ2) is 6.63. The zero-order valence-corrected chi connectivity index (χ0v) is 13.5. The Balaban J connectivity index is 1.70. The van der Waals surface area contributed by atoms with E-state index in [0.29, 0.717) is 12.8 Å². The smallest absolute Gasteiger partial charge is 0.406 e. The van der Waals surface area contributed by atoms with Gasteiger partial charge >= 0.3 is 6.18 Å². The number of fused-ring (bicyclic) bond motifs is 1. The summed E-state index contributed by atoms with van der Waals surface area (Å²) in [6, 6.07) is 5.22. The van der Waals surface area contributed by atoms with Crippen molar-refractivity contribution in [3.8, 4) is 5.75 Å². The molecule has 1 saturated heterocycles. The summed E-state index contributed by atoms with van der Waals surface area (Å²) in [5.74, 6) is 0.375. The Hall–Kier alpha value is -1.76. The number of piperidine rings is 1. The largest absolute Gasteiger partial charge is 0.496 e. The van der Waals surface area contributed by atoms with Crippen LogP contribution in [0, 0.1) is 0 Å². The van der Waals surface area contributed by atoms with E-state index < -0.39 is 24.7 Å². The van der Waals surface area contributed by atoms with E-state index in [-0.39, 0.29) is 12.6 Å². The molecule has 3 rings (SSSR count). The highest BCUT2D eigenvalue weighted by atomic mass is 19.4. The number of alkyl halides is 3. The third-order valence-corrected chi connectivity index (χ3v) is 4.75. The van der Waals surface area contributed by atoms with Crippen LogP contribution in [-0.4, -0.2) is 43.2 Å². The number of nitrogens with one attached hydrogen (secondary N) is 1. The van der Waals surface area contributed by atoms with Gasteiger partial charge in [0.15, 0.2) is 0 Å². The number of benzene rings is 1. The Morgan fingerprint density at radius 2 is 2.08 bits per heavy atom. The van der Waals surface area contributed by atoms with Crippen molar-refractivity contribution >= 4 is 5.91 Å². The first-order valence-electron chi connectivity index (χ1n) is 8.16. The number of methoxy groups -OCH3 is 1. The van der Waals surface area contributed by atoms with Gasteiger partial charge in [0.1, 0.15) is 12.3 Å². The molecule has 0 unspecified atom stereocenters. The molecule has 1 fully saturated rings. The van der Waals surface area contributed by atoms with E-state index in [1.165, 1.54) is 0 Å². The molecule has 1 N–H and O–H groups in total. The number of nitrogens with zero attached hydrogens (tertiary/aromatic N) is 1. The highest BCUT2D eigenvalue weighted by molar-refractivity contribution is 5.82. The summed E-state index contributed by atoms with van der Waals surface area (Å²) in [6.07, 6.45) is -1.55. The maximum atomic E-state index is 12.6. The van der Waals surface area contributed by atoms with E-state index in [1.807, 2.05) is 18.2 Å². The number of halogens is 3. The fourth-order valence-corrected chi connectivity index (χ4v) is 3.70. The first kappa shape index (κ1) is 17.1. The molecule has 1 heterocycles. The van der Waals surface area contributed by atoms with E-state index in [9.17, 15) is 18.0 Å². The number of carbonyl (C=O) groups excluding carboxylic acids is 1. The molecule has 0 spiro atoms. The summed E-state index contributed by atoms with van der Waals surface area (Å²) < 4.78 is 43.2. The minimum absolute atomic E-state index is 0.0186. The third-order valence-electron chi connectivity index (χ3n) is 4.75. The van der Waals surface area contributed by atoms with Crippen molar-refractivity contribution in [2.75, 3.05) is 20.2 Å². The average Bonchev–Trinajstić information content (AvgIpc) is 2.93. The Labute approximate surface area is 139 Å². The monoisotopic (exact) mass is 342 g/mol. The molecule has 2 aliphatic rings. The normalized spacial score (nSPS) is 24.2. The van der Waals surface area contributed by atoms with E-state index in [4.69, 9.17) is 4.74 Å². The van der Waals surface area contributed by atoms with Gasteiger partial charge < -0.3 is 9.64 Å². The molecule has 0 bridgehead atoms. The molecule has 1 aromatic carbocycles. The van der Waals surface area contributed by atoms with E-state index in [0.717, 1.165) is 34.6 Å². The summed E-state index contributed by atoms with van der Waals surface area (Å²) >= 11 is 0. The second-order valence-corrected chi connectivity index (χ2v) is 6.36. The molecule has 1 amide bonds. The van der Waals surface area contributed by atoms with Crippen LogP contribution in [0.4, 0.5) is 13.2 Å². The number of amides is 1. The van der Waals surface area contributed by atoms with Crippen LogP contribution in [0.3, 0.4) is 0 Å². The molecule has 1 aliphatic carbocycles. The SMILES string of the molecule is COc1cccc2c1CC[C@H]2N[C@H]1CCCN(CC(F)(F)F)C1=O. The van der Waals surface area contributed by atoms with Crippen molar-refractivity contribution < 1.29 is 22.7 Å². The van der Waals surface area contributed by atoms with Gasteiger partial charge in [-0.05, 0) is 42.9 Å². The highest BCUT2D eigenvalue weighted by Crippen LogP contribution is 2.37. The molecular weight excluding hydrogens is 321 g/mol. The van der Waals surface area contributed by atoms with Crippen molar-refractivity contribution in [1.29, 1.82) is 0 Å². The Kier molecular flexibility index (Phi) is 4.71. The minimum Gasteiger partial charge on any atom is -0.496 e. The number of carbonyl (C=O) groups is 1. The molecule has 0 radical (unpaired) electrons. The van der Waals surface area contributed by atoms with E-state index >= 15 is 0 Å². The van der Waals surface area contributed by atoms with Crippen LogP contribution >= 0.6 is 0 Å². The quantitative estimate of drug-likeness (QED) is 0.915. The molecule has 1 aromatic rings. The maximum Gasteiger partial charge on any atom is 0.406 e. The van der Waals surface area contributed by atoms with Crippen LogP contribution in [0.2, 0.25) is 0 Å². The summed E-state index contributed by atoms with van der Waals surface area (Å²) in [4.78, 5) is 13.3. The minimum atomic E-state index is -4.36. The van der Waals surface area contributed by atoms with Crippen LogP contribution in [0.25, 0.3) is 0 Å². The highest BCUT2D eigenvalue weighted by Gasteiger charge is 2.38. The topological polar surface area (TPSA) is 41.6 Å². The first-order valence-corrected chi connectivity index (χ1v) is 8.16. The Morgan fingerprint density at radius 1 is 1.29 bits per heavy atom. The van der Waals surface area contributed by atoms with Gasteiger partial charge in [-0.25, -0.2) is 0 Å². The third kappa shape index (κ3) is 3.50. The zero-order chi connectivity index (χ0) is 17.3. The fraction of sp³-hybridized carbons (Fsp3) is 0.588. The van der Waals surface area contributed by atoms with Gasteiger partial charge in [0.05, 0.1) is 13.2 Å². The van der Waals surface area contributed by atoms with Crippen LogP contribution in [0.1, 0.15) is 36.4 Å². The second-order valence-electron chi connectivity index (χ2n) is 6.36. The molecule has 7 heteroatoms. The molecule has 0 saturated carbocycles. The molecular formula is C17H21F3N2O2. The molecule has 1 aliphatic heterocycles. The standard InChI is InChI=1S/C17H21F3N2O2/c1-24-15-6-2-4-11-12(15)7-8-13(11)21-14-5-3-9-22(16(14)23)10-17(18,19)20/h2,4,6,13-14,21H,3,5,7-10H2,1H3/t13-,14+/m1/s1. The van der Waals surface area contributed by atoms with Crippen LogP contribution < -0.4 is 10.1 Å². The lowest BCUT2D eigenvalue weighted by Gasteiger charge is -2.34. The number of ether oxygens (including phenoxy) is 1. The summed E-state index contributed by atoms with van der Waals surface area (Å²) in [6.45, 7) is -0.995. The van der Waals surface area contributed by atoms with Crippen molar-refractivity contribution in [1.82, 2.24) is 10.2 Å². The zero-order valence-electron chi connectivity index (χ0n) is 13.5. The number of hydrogen-bond acceptors (Lipinski definition) is 3. The molecule has 2 atom stereocenters. The summed E-state index contributed by atoms with van der Waals surface area (Å²) in [5, 5.41) is 3.28. The fourth-order valence-electron chi connectivity index (χ4n) is 3.70. The van der Waals surface area contributed by atoms with Gasteiger partial charge in [0.2, 0.25) is 5.91 Å². The summed E-state index contributed by atoms with van der Waals surface area (Å²) in [5.41, 5.74) is 2.20. The lowest BCUT2D eigenvalue weighted by Crippen LogP contribution is -2.53. The number of hydrogen-bond donors (Lipinski definition) is 1. The van der Waals surface area contributed by atoms with Crippen LogP contribution in [-0.2, 0) is 11.2 Å². The maximum absolute atomic E-state index is 12.6. The van der Waals surface area contributed by atoms with Crippen molar-refractivity contribution in [2.24, 2.45) is 0 Å². The average molecular weight is 342 g/mol. The predicted octanol–water partition coefficient (Wildman–Crippen LogP) is 2.83. The first-order chi connectivity index (χ1) is 11.4. The van der Waals surface area contributed by atoms with Gasteiger partial charge in [-0.15, -0.1) is 0 Å². The lowest BCUT2D eigenvalue weighted by atomic mass is 10.0. The van der Waals surface area contributed by atoms with Gasteiger partial charge in [0, 0.05) is 12.6 Å². The van der Waals surface area contributed by atoms with Gasteiger partial charge in [-0.3, -0.25) is 10.1 Å². The predicted molar refractivity (Wildman–Crippen MR) is 82.8 cm³/mol. The van der Waals surface area contributed by atoms with Crippen molar-refractivity contribution in [3.63, 3.8) is 0 Å².